The van der Waals surface area contributed by atoms with Gasteiger partial charge in [-0.15, -0.1) is 0 Å². The van der Waals surface area contributed by atoms with E-state index in [1.54, 1.807) is 0 Å². The van der Waals surface area contributed by atoms with Gasteiger partial charge < -0.3 is 14.2 Å². The molecule has 0 saturated heterocycles. The lowest BCUT2D eigenvalue weighted by molar-refractivity contribution is -0.571. The molecule has 0 bridgehead atoms. The van der Waals surface area contributed by atoms with Crippen molar-refractivity contribution in [3.8, 4) is 85.1 Å². The molecule has 5 heterocycles. The van der Waals surface area contributed by atoms with E-state index in [9.17, 15) is 0 Å². The number of pyridine rings is 1. The minimum absolute atomic E-state index is 0.0405. The second-order valence-corrected chi connectivity index (χ2v) is 26.2. The van der Waals surface area contributed by atoms with Crippen LogP contribution in [0.1, 0.15) is 79.0 Å². The van der Waals surface area contributed by atoms with Crippen molar-refractivity contribution < 1.29 is 18.8 Å². The van der Waals surface area contributed by atoms with Crippen LogP contribution in [0.15, 0.2) is 231 Å². The quantitative estimate of drug-likeness (QED) is 0.0864. The van der Waals surface area contributed by atoms with E-state index in [1.165, 1.54) is 16.7 Å². The summed E-state index contributed by atoms with van der Waals surface area (Å²) in [4.78, 5) is 5.07. The Balaban J connectivity index is 0.840. The number of benzene rings is 10. The van der Waals surface area contributed by atoms with E-state index in [-0.39, 0.29) is 23.0 Å². The van der Waals surface area contributed by atoms with E-state index in [0.717, 1.165) is 123 Å². The summed E-state index contributed by atoms with van der Waals surface area (Å²) in [5.74, 6) is 5.65. The van der Waals surface area contributed by atoms with Crippen LogP contribution >= 0.6 is 0 Å². The Kier molecular flexibility index (Phi) is 12.2. The number of hydrogen-bond donors (Lipinski definition) is 0. The SMILES string of the molecule is CC(C)(C)c1ccnc(-n2c3ccc(-c4cc5c6c(c4)Oc4cc(C(C)(C)C)ccc4B6c4ccc(C(C)(C)C)cc4O5)cc3c3ccc(Oc4cccc(-n5[c-][n+](-c6c(-c7ccccc7)cccc6-c6ccccc6)c6ccccc65)c4)cc32)c1. The van der Waals surface area contributed by atoms with Gasteiger partial charge in [0.2, 0.25) is 0 Å². The van der Waals surface area contributed by atoms with Crippen molar-refractivity contribution in [1.29, 1.82) is 0 Å². The highest BCUT2D eigenvalue weighted by Gasteiger charge is 2.41. The van der Waals surface area contributed by atoms with Crippen molar-refractivity contribution in [3.63, 3.8) is 0 Å². The second kappa shape index (κ2) is 19.9. The monoisotopic (exact) mass is 1120 g/mol. The first-order valence-electron chi connectivity index (χ1n) is 29.9. The van der Waals surface area contributed by atoms with Crippen LogP contribution in [0.2, 0.25) is 0 Å². The fourth-order valence-corrected chi connectivity index (χ4v) is 12.8. The Morgan fingerprint density at radius 1 is 0.442 bits per heavy atom. The van der Waals surface area contributed by atoms with E-state index < -0.39 is 0 Å². The molecule has 86 heavy (non-hydrogen) atoms. The molecule has 0 aliphatic carbocycles. The Labute approximate surface area is 503 Å². The Morgan fingerprint density at radius 3 is 1.67 bits per heavy atom. The van der Waals surface area contributed by atoms with Gasteiger partial charge in [0.15, 0.2) is 0 Å². The highest BCUT2D eigenvalue weighted by atomic mass is 16.5. The largest absolute Gasteiger partial charge is 0.458 e. The molecular weight excluding hydrogens is 1050 g/mol. The molecular formula is C78H65BN4O3. The number of fused-ring (bicyclic) bond motifs is 8. The molecule has 7 nitrogen and oxygen atoms in total. The summed E-state index contributed by atoms with van der Waals surface area (Å²) in [5, 5.41) is 2.17. The number of aromatic nitrogens is 4. The van der Waals surface area contributed by atoms with Gasteiger partial charge in [0.25, 0.3) is 13.0 Å². The highest BCUT2D eigenvalue weighted by Crippen LogP contribution is 2.44. The first-order valence-corrected chi connectivity index (χ1v) is 29.9. The molecule has 2 aliphatic rings. The van der Waals surface area contributed by atoms with Crippen LogP contribution in [0, 0.1) is 6.33 Å². The molecule has 418 valence electrons. The third kappa shape index (κ3) is 9.05. The summed E-state index contributed by atoms with van der Waals surface area (Å²) in [5.41, 5.74) is 19.4. The molecule has 0 unspecified atom stereocenters. The van der Waals surface area contributed by atoms with Crippen LogP contribution in [0.3, 0.4) is 0 Å². The topological polar surface area (TPSA) is 54.3 Å². The summed E-state index contributed by atoms with van der Waals surface area (Å²) >= 11 is 0. The highest BCUT2D eigenvalue weighted by molar-refractivity contribution is 6.98. The lowest BCUT2D eigenvalue weighted by atomic mass is 9.34. The fraction of sp³-hybridized carbons (Fsp3) is 0.154. The normalized spacial score (nSPS) is 12.9. The second-order valence-electron chi connectivity index (χ2n) is 26.2. The van der Waals surface area contributed by atoms with Gasteiger partial charge >= 0.3 is 0 Å². The lowest BCUT2D eigenvalue weighted by Gasteiger charge is -2.35. The zero-order valence-electron chi connectivity index (χ0n) is 50.0. The molecule has 3 aromatic heterocycles. The molecule has 0 saturated carbocycles. The van der Waals surface area contributed by atoms with Gasteiger partial charge in [0.1, 0.15) is 40.3 Å². The molecule has 0 spiro atoms. The van der Waals surface area contributed by atoms with Crippen LogP contribution in [0.5, 0.6) is 34.5 Å². The van der Waals surface area contributed by atoms with Crippen LogP contribution < -0.4 is 35.2 Å². The van der Waals surface area contributed by atoms with E-state index in [4.69, 9.17) is 19.2 Å². The van der Waals surface area contributed by atoms with Crippen LogP contribution in [0.4, 0.5) is 0 Å². The summed E-state index contributed by atoms with van der Waals surface area (Å²) in [7, 11) is 0. The fourth-order valence-electron chi connectivity index (χ4n) is 12.8. The lowest BCUT2D eigenvalue weighted by Crippen LogP contribution is -2.57. The van der Waals surface area contributed by atoms with Crippen LogP contribution in [0.25, 0.3) is 83.4 Å². The van der Waals surface area contributed by atoms with E-state index >= 15 is 0 Å². The summed E-state index contributed by atoms with van der Waals surface area (Å²) in [6.45, 7) is 20.2. The maximum Gasteiger partial charge on any atom is 0.269 e. The van der Waals surface area contributed by atoms with Gasteiger partial charge in [0, 0.05) is 28.5 Å². The zero-order valence-corrected chi connectivity index (χ0v) is 50.0. The van der Waals surface area contributed by atoms with Gasteiger partial charge in [-0.1, -0.05) is 202 Å². The number of hydrogen-bond acceptors (Lipinski definition) is 4. The number of rotatable bonds is 8. The van der Waals surface area contributed by atoms with Gasteiger partial charge in [0.05, 0.1) is 33.4 Å². The molecule has 10 aromatic carbocycles. The number of imidazole rings is 1. The van der Waals surface area contributed by atoms with Crippen molar-refractivity contribution in [3.05, 3.63) is 254 Å². The van der Waals surface area contributed by atoms with Crippen molar-refractivity contribution in [1.82, 2.24) is 14.1 Å². The Morgan fingerprint density at radius 2 is 1.03 bits per heavy atom. The van der Waals surface area contributed by atoms with Crippen molar-refractivity contribution in [2.45, 2.75) is 78.6 Å². The molecule has 0 radical (unpaired) electrons. The number of ether oxygens (including phenoxy) is 3. The number of para-hydroxylation sites is 3. The molecule has 0 fully saturated rings. The Bertz CT molecular complexity index is 4720. The third-order valence-electron chi connectivity index (χ3n) is 17.4. The Hall–Kier alpha value is -9.92. The average Bonchev–Trinajstić information content (AvgIpc) is 1.16. The average molecular weight is 1120 g/mol. The van der Waals surface area contributed by atoms with Gasteiger partial charge in [-0.3, -0.25) is 13.7 Å². The first kappa shape index (κ1) is 52.9. The standard InChI is InChI=1S/C78H65BN4O3/c1-76(2,3)53-31-35-63-69(43-53)85-71-41-52(42-72-74(71)79(63)64-36-32-54(77(4,5)6)44-70(64)86-72)51-30-37-65-62(40-51)61-34-33-58(47-68(61)83(65)73-45-55(38-39-80-73)78(7,8)9)84-57-25-18-24-56(46-57)81-48-82(67-29-17-16-28-66(67)81)75-59(49-20-12-10-13-21-49)26-19-27-60(75)50-22-14-11-15-23-50/h10-47H,1-9H3. The van der Waals surface area contributed by atoms with Gasteiger partial charge in [-0.25, -0.2) is 4.98 Å². The van der Waals surface area contributed by atoms with Crippen molar-refractivity contribution in [2.24, 2.45) is 0 Å². The van der Waals surface area contributed by atoms with Crippen molar-refractivity contribution in [2.75, 3.05) is 0 Å². The number of nitrogens with zero attached hydrogens (tertiary/aromatic N) is 4. The molecule has 0 atom stereocenters. The summed E-state index contributed by atoms with van der Waals surface area (Å²) < 4.78 is 27.7. The molecule has 2 aliphatic heterocycles. The van der Waals surface area contributed by atoms with Crippen LogP contribution in [-0.2, 0) is 16.2 Å². The maximum absolute atomic E-state index is 7.03. The molecule has 13 aromatic rings. The van der Waals surface area contributed by atoms with E-state index in [2.05, 4.69) is 301 Å². The molecule has 15 rings (SSSR count). The summed E-state index contributed by atoms with van der Waals surface area (Å²) in [6, 6.07) is 80.1. The zero-order chi connectivity index (χ0) is 58.8. The van der Waals surface area contributed by atoms with Gasteiger partial charge in [-0.2, -0.15) is 0 Å². The van der Waals surface area contributed by atoms with E-state index in [1.807, 2.05) is 12.3 Å². The predicted molar refractivity (Wildman–Crippen MR) is 352 cm³/mol. The van der Waals surface area contributed by atoms with E-state index in [0.29, 0.717) is 11.5 Å². The predicted octanol–water partition coefficient (Wildman–Crippen LogP) is 17.6. The molecule has 0 N–H and O–H groups in total. The molecule has 0 amide bonds. The summed E-state index contributed by atoms with van der Waals surface area (Å²) in [6.07, 6.45) is 5.76. The van der Waals surface area contributed by atoms with Gasteiger partial charge in [-0.05, 0) is 156 Å². The minimum atomic E-state index is -0.0976. The smallest absolute Gasteiger partial charge is 0.269 e. The first-order chi connectivity index (χ1) is 41.5. The maximum atomic E-state index is 7.03. The third-order valence-corrected chi connectivity index (χ3v) is 17.4. The van der Waals surface area contributed by atoms with Crippen molar-refractivity contribution >= 4 is 55.9 Å². The van der Waals surface area contributed by atoms with Crippen LogP contribution in [-0.4, -0.2) is 20.8 Å². The molecule has 8 heteroatoms. The minimum Gasteiger partial charge on any atom is -0.458 e.